The lowest BCUT2D eigenvalue weighted by Crippen LogP contribution is -2.18. The van der Waals surface area contributed by atoms with Gasteiger partial charge in [-0.05, 0) is 17.7 Å². The van der Waals surface area contributed by atoms with Gasteiger partial charge in [0.05, 0.1) is 5.56 Å². The van der Waals surface area contributed by atoms with Crippen LogP contribution in [0.2, 0.25) is 5.02 Å². The molecule has 0 aliphatic rings. The van der Waals surface area contributed by atoms with Crippen molar-refractivity contribution < 1.29 is 27.9 Å². The van der Waals surface area contributed by atoms with E-state index in [2.05, 4.69) is 0 Å². The van der Waals surface area contributed by atoms with Crippen LogP contribution < -0.4 is 0 Å². The monoisotopic (exact) mass is 266 g/mol. The van der Waals surface area contributed by atoms with Crippen molar-refractivity contribution >= 4 is 23.4 Å². The van der Waals surface area contributed by atoms with Crippen molar-refractivity contribution in [2.75, 3.05) is 0 Å². The maximum Gasteiger partial charge on any atom is 0.416 e. The Labute approximate surface area is 98.8 Å². The fourth-order valence-corrected chi connectivity index (χ4v) is 1.48. The van der Waals surface area contributed by atoms with Gasteiger partial charge in [-0.2, -0.15) is 13.2 Å². The van der Waals surface area contributed by atoms with Gasteiger partial charge in [0, 0.05) is 11.4 Å². The number of aliphatic carboxylic acids is 1. The molecule has 3 nitrogen and oxygen atoms in total. The molecule has 0 saturated carbocycles. The molecule has 0 bridgehead atoms. The van der Waals surface area contributed by atoms with Gasteiger partial charge < -0.3 is 5.11 Å². The number of benzene rings is 1. The van der Waals surface area contributed by atoms with Crippen LogP contribution in [0.1, 0.15) is 11.1 Å². The number of halogens is 4. The van der Waals surface area contributed by atoms with Gasteiger partial charge in [0.2, 0.25) is 5.78 Å². The fraction of sp³-hybridized carbons (Fsp3) is 0.200. The molecule has 0 fully saturated rings. The summed E-state index contributed by atoms with van der Waals surface area (Å²) in [5.41, 5.74) is -1.62. The first kappa shape index (κ1) is 13.5. The fourth-order valence-electron chi connectivity index (χ4n) is 1.24. The summed E-state index contributed by atoms with van der Waals surface area (Å²) in [4.78, 5) is 21.2. The van der Waals surface area contributed by atoms with Crippen LogP contribution in [0.15, 0.2) is 18.2 Å². The topological polar surface area (TPSA) is 54.4 Å². The third-order valence-electron chi connectivity index (χ3n) is 2.00. The maximum absolute atomic E-state index is 12.6. The second-order valence-electron chi connectivity index (χ2n) is 3.17. The van der Waals surface area contributed by atoms with E-state index in [0.29, 0.717) is 0 Å². The number of ketones is 1. The molecule has 0 radical (unpaired) electrons. The van der Waals surface area contributed by atoms with Crippen molar-refractivity contribution in [2.45, 2.75) is 12.6 Å². The number of Topliss-reactive ketones (excluding diaryl/α,β-unsaturated/α-hetero) is 1. The number of carboxylic acid groups (broad SMARTS) is 1. The van der Waals surface area contributed by atoms with Crippen molar-refractivity contribution in [3.8, 4) is 0 Å². The van der Waals surface area contributed by atoms with E-state index in [9.17, 15) is 22.8 Å². The molecule has 0 saturated heterocycles. The number of hydrogen-bond donors (Lipinski definition) is 1. The standard InChI is InChI=1S/C10H6ClF3O3/c11-7-3-1-2-6(10(12,13)14)5(7)4-8(15)9(16)17/h1-3H,4H2,(H,16,17). The number of carbonyl (C=O) groups is 2. The van der Waals surface area contributed by atoms with Crippen LogP contribution in [0.25, 0.3) is 0 Å². The highest BCUT2D eigenvalue weighted by Crippen LogP contribution is 2.35. The average molecular weight is 267 g/mol. The molecule has 17 heavy (non-hydrogen) atoms. The van der Waals surface area contributed by atoms with E-state index in [1.54, 1.807) is 0 Å². The quantitative estimate of drug-likeness (QED) is 0.856. The van der Waals surface area contributed by atoms with Crippen LogP contribution in [0, 0.1) is 0 Å². The average Bonchev–Trinajstić information content (AvgIpc) is 2.18. The molecule has 0 spiro atoms. The first-order valence-corrected chi connectivity index (χ1v) is 4.72. The zero-order valence-electron chi connectivity index (χ0n) is 8.21. The summed E-state index contributed by atoms with van der Waals surface area (Å²) < 4.78 is 37.7. The van der Waals surface area contributed by atoms with Crippen LogP contribution in [-0.2, 0) is 22.2 Å². The van der Waals surface area contributed by atoms with Gasteiger partial charge in [-0.3, -0.25) is 4.79 Å². The Morgan fingerprint density at radius 1 is 1.29 bits per heavy atom. The van der Waals surface area contributed by atoms with Gasteiger partial charge in [0.1, 0.15) is 0 Å². The highest BCUT2D eigenvalue weighted by molar-refractivity contribution is 6.35. The molecule has 0 amide bonds. The lowest BCUT2D eigenvalue weighted by molar-refractivity contribution is -0.149. The van der Waals surface area contributed by atoms with E-state index in [1.165, 1.54) is 6.07 Å². The molecule has 1 aromatic rings. The molecule has 0 aliphatic carbocycles. The minimum Gasteiger partial charge on any atom is -0.475 e. The number of hydrogen-bond acceptors (Lipinski definition) is 2. The predicted octanol–water partition coefficient (Wildman–Crippen LogP) is 2.56. The van der Waals surface area contributed by atoms with Gasteiger partial charge in [-0.1, -0.05) is 17.7 Å². The Bertz CT molecular complexity index is 468. The Balaban J connectivity index is 3.22. The van der Waals surface area contributed by atoms with E-state index < -0.39 is 35.5 Å². The summed E-state index contributed by atoms with van der Waals surface area (Å²) >= 11 is 5.54. The highest BCUT2D eigenvalue weighted by Gasteiger charge is 2.35. The normalized spacial score (nSPS) is 11.3. The zero-order chi connectivity index (χ0) is 13.2. The largest absolute Gasteiger partial charge is 0.475 e. The van der Waals surface area contributed by atoms with Crippen molar-refractivity contribution in [1.82, 2.24) is 0 Å². The lowest BCUT2D eigenvalue weighted by Gasteiger charge is -2.12. The molecule has 7 heteroatoms. The van der Waals surface area contributed by atoms with E-state index in [1.807, 2.05) is 0 Å². The Morgan fingerprint density at radius 2 is 1.88 bits per heavy atom. The minimum atomic E-state index is -4.68. The van der Waals surface area contributed by atoms with E-state index in [0.717, 1.165) is 12.1 Å². The first-order valence-electron chi connectivity index (χ1n) is 4.34. The van der Waals surface area contributed by atoms with Gasteiger partial charge in [0.25, 0.3) is 0 Å². The molecule has 92 valence electrons. The van der Waals surface area contributed by atoms with Crippen LogP contribution >= 0.6 is 11.6 Å². The van der Waals surface area contributed by atoms with Crippen LogP contribution in [0.4, 0.5) is 13.2 Å². The summed E-state index contributed by atoms with van der Waals surface area (Å²) in [6.07, 6.45) is -5.57. The first-order chi connectivity index (χ1) is 7.73. The summed E-state index contributed by atoms with van der Waals surface area (Å²) in [5, 5.41) is 8.07. The molecule has 0 unspecified atom stereocenters. The van der Waals surface area contributed by atoms with Crippen molar-refractivity contribution in [2.24, 2.45) is 0 Å². The second-order valence-corrected chi connectivity index (χ2v) is 3.58. The zero-order valence-corrected chi connectivity index (χ0v) is 8.97. The van der Waals surface area contributed by atoms with E-state index in [-0.39, 0.29) is 5.02 Å². The Morgan fingerprint density at radius 3 is 2.35 bits per heavy atom. The highest BCUT2D eigenvalue weighted by atomic mass is 35.5. The Kier molecular flexibility index (Phi) is 3.77. The van der Waals surface area contributed by atoms with Crippen molar-refractivity contribution in [1.29, 1.82) is 0 Å². The van der Waals surface area contributed by atoms with Crippen molar-refractivity contribution in [3.05, 3.63) is 34.3 Å². The van der Waals surface area contributed by atoms with Gasteiger partial charge in [-0.25, -0.2) is 4.79 Å². The summed E-state index contributed by atoms with van der Waals surface area (Å²) in [6, 6.07) is 3.00. The van der Waals surface area contributed by atoms with Crippen molar-refractivity contribution in [3.63, 3.8) is 0 Å². The molecule has 0 aromatic heterocycles. The van der Waals surface area contributed by atoms with Gasteiger partial charge >= 0.3 is 12.1 Å². The molecule has 0 atom stereocenters. The molecular formula is C10H6ClF3O3. The van der Waals surface area contributed by atoms with E-state index >= 15 is 0 Å². The summed E-state index contributed by atoms with van der Waals surface area (Å²) in [6.45, 7) is 0. The third kappa shape index (κ3) is 3.20. The smallest absolute Gasteiger partial charge is 0.416 e. The summed E-state index contributed by atoms with van der Waals surface area (Å²) in [5.74, 6) is -3.14. The minimum absolute atomic E-state index is 0.283. The van der Waals surface area contributed by atoms with Crippen LogP contribution in [0.5, 0.6) is 0 Å². The van der Waals surface area contributed by atoms with Crippen LogP contribution in [-0.4, -0.2) is 16.9 Å². The number of alkyl halides is 3. The number of carboxylic acids is 1. The molecule has 0 heterocycles. The molecule has 0 aliphatic heterocycles. The van der Waals surface area contributed by atoms with Gasteiger partial charge in [0.15, 0.2) is 0 Å². The number of carbonyl (C=O) groups excluding carboxylic acids is 1. The molecule has 1 N–H and O–H groups in total. The Hall–Kier alpha value is -1.56. The summed E-state index contributed by atoms with van der Waals surface area (Å²) in [7, 11) is 0. The molecule has 1 aromatic carbocycles. The second kappa shape index (κ2) is 4.75. The maximum atomic E-state index is 12.6. The molecular weight excluding hydrogens is 261 g/mol. The van der Waals surface area contributed by atoms with Crippen LogP contribution in [0.3, 0.4) is 0 Å². The SMILES string of the molecule is O=C(O)C(=O)Cc1c(Cl)cccc1C(F)(F)F. The van der Waals surface area contributed by atoms with Gasteiger partial charge in [-0.15, -0.1) is 0 Å². The third-order valence-corrected chi connectivity index (χ3v) is 2.35. The van der Waals surface area contributed by atoms with E-state index in [4.69, 9.17) is 16.7 Å². The number of rotatable bonds is 3. The molecule has 1 rings (SSSR count). The predicted molar refractivity (Wildman–Crippen MR) is 52.8 cm³/mol. The lowest BCUT2D eigenvalue weighted by atomic mass is 10.0.